The van der Waals surface area contributed by atoms with Crippen LogP contribution in [0, 0.1) is 11.8 Å². The Morgan fingerprint density at radius 3 is 2.53 bits per heavy atom. The van der Waals surface area contributed by atoms with Gasteiger partial charge in [-0.3, -0.25) is 14.4 Å². The summed E-state index contributed by atoms with van der Waals surface area (Å²) in [6.45, 7) is 0.0103. The van der Waals surface area contributed by atoms with Gasteiger partial charge in [-0.1, -0.05) is 78.6 Å². The zero-order chi connectivity index (χ0) is 30.1. The number of nitrogens with one attached hydrogen (secondary N) is 2. The second-order valence-corrected chi connectivity index (χ2v) is 11.0. The number of allylic oxidation sites excluding steroid dienone is 6. The first-order valence-corrected chi connectivity index (χ1v) is 14.9. The number of rotatable bonds is 10. The van der Waals surface area contributed by atoms with Gasteiger partial charge in [0.15, 0.2) is 0 Å². The van der Waals surface area contributed by atoms with Crippen LogP contribution in [0.2, 0.25) is 0 Å². The molecule has 5 rings (SSSR count). The van der Waals surface area contributed by atoms with Crippen LogP contribution >= 0.6 is 0 Å². The molecule has 2 aliphatic carbocycles. The van der Waals surface area contributed by atoms with Crippen LogP contribution in [-0.4, -0.2) is 24.1 Å². The Balaban J connectivity index is 1.09. The van der Waals surface area contributed by atoms with E-state index in [1.807, 2.05) is 42.5 Å². The van der Waals surface area contributed by atoms with E-state index in [1.54, 1.807) is 6.08 Å². The van der Waals surface area contributed by atoms with Gasteiger partial charge >= 0.3 is 0 Å². The molecule has 0 radical (unpaired) electrons. The molecule has 0 bridgehead atoms. The largest absolute Gasteiger partial charge is 0.343 e. The van der Waals surface area contributed by atoms with Crippen molar-refractivity contribution in [2.24, 2.45) is 0 Å². The summed E-state index contributed by atoms with van der Waals surface area (Å²) in [7, 11) is 0. The van der Waals surface area contributed by atoms with Gasteiger partial charge in [0.05, 0.1) is 12.1 Å². The zero-order valence-electron chi connectivity index (χ0n) is 24.1. The first-order valence-electron chi connectivity index (χ1n) is 14.9. The van der Waals surface area contributed by atoms with Crippen LogP contribution in [0.1, 0.15) is 66.4 Å². The van der Waals surface area contributed by atoms with Gasteiger partial charge in [-0.05, 0) is 91.1 Å². The molecule has 0 unspecified atom stereocenters. The van der Waals surface area contributed by atoms with E-state index < -0.39 is 11.7 Å². The number of carbonyl (C=O) groups excluding carboxylic acids is 3. The summed E-state index contributed by atoms with van der Waals surface area (Å²) in [5, 5.41) is 8.16. The van der Waals surface area contributed by atoms with Gasteiger partial charge in [-0.25, -0.2) is 4.39 Å². The maximum Gasteiger partial charge on any atom is 0.288 e. The normalized spacial score (nSPS) is 18.3. The van der Waals surface area contributed by atoms with E-state index in [9.17, 15) is 18.8 Å². The summed E-state index contributed by atoms with van der Waals surface area (Å²) >= 11 is 0. The minimum absolute atomic E-state index is 0.0103. The average Bonchev–Trinajstić information content (AvgIpc) is 3.79. The number of halogens is 1. The standard InChI is InChI=1S/C37H35FN2O3/c38-32-17-3-1-2-11-27(25-32)12-10-24-39-36(43)34(41)19-9-7-15-29-14-6-8-18-33(29)35(42)40-37(22-23-37)31-21-20-28-13-4-5-16-30(28)26-31/h3-6,8,11,13-14,16-18,20-21,25-26H,1-2,7,9,15,19,22-24H2,(H,39,43)(H,40,42)/b17-3+,27-11-,32-25+. The Morgan fingerprint density at radius 2 is 1.70 bits per heavy atom. The lowest BCUT2D eigenvalue weighted by atomic mass is 9.97. The van der Waals surface area contributed by atoms with Crippen molar-refractivity contribution in [1.29, 1.82) is 0 Å². The fraction of sp³-hybridized carbons (Fsp3) is 0.270. The van der Waals surface area contributed by atoms with Crippen molar-refractivity contribution >= 4 is 28.4 Å². The van der Waals surface area contributed by atoms with E-state index in [4.69, 9.17) is 0 Å². The smallest absolute Gasteiger partial charge is 0.288 e. The second-order valence-electron chi connectivity index (χ2n) is 11.0. The van der Waals surface area contributed by atoms with Crippen molar-refractivity contribution < 1.29 is 18.8 Å². The lowest BCUT2D eigenvalue weighted by Gasteiger charge is -2.20. The number of fused-ring (bicyclic) bond motifs is 1. The molecule has 5 nitrogen and oxygen atoms in total. The van der Waals surface area contributed by atoms with Crippen LogP contribution < -0.4 is 10.6 Å². The van der Waals surface area contributed by atoms with E-state index in [0.29, 0.717) is 30.4 Å². The molecule has 0 aliphatic heterocycles. The highest BCUT2D eigenvalue weighted by atomic mass is 19.1. The van der Waals surface area contributed by atoms with E-state index in [2.05, 4.69) is 52.8 Å². The molecule has 3 aromatic rings. The van der Waals surface area contributed by atoms with Crippen LogP contribution in [0.4, 0.5) is 4.39 Å². The summed E-state index contributed by atoms with van der Waals surface area (Å²) in [5.41, 5.74) is 2.90. The zero-order valence-corrected chi connectivity index (χ0v) is 24.1. The molecular weight excluding hydrogens is 539 g/mol. The lowest BCUT2D eigenvalue weighted by Crippen LogP contribution is -2.35. The highest BCUT2D eigenvalue weighted by Crippen LogP contribution is 2.46. The van der Waals surface area contributed by atoms with E-state index in [1.165, 1.54) is 17.5 Å². The topological polar surface area (TPSA) is 75.3 Å². The Hall–Kier alpha value is -4.76. The third-order valence-electron chi connectivity index (χ3n) is 7.86. The summed E-state index contributed by atoms with van der Waals surface area (Å²) in [4.78, 5) is 37.9. The summed E-state index contributed by atoms with van der Waals surface area (Å²) < 4.78 is 13.6. The monoisotopic (exact) mass is 574 g/mol. The molecule has 0 aromatic heterocycles. The number of ketones is 1. The predicted molar refractivity (Wildman–Crippen MR) is 168 cm³/mol. The SMILES string of the molecule is O=C(CCCCc1ccccc1C(=O)NC1(c2ccc3ccccc3c2)CC1)C(=O)NCC#CC1=C/CC/C=C/C(F)=C\1. The highest BCUT2D eigenvalue weighted by Gasteiger charge is 2.46. The number of Topliss-reactive ketones (excluding diaryl/α,β-unsaturated/α-hetero) is 1. The van der Waals surface area contributed by atoms with Crippen LogP contribution in [0.5, 0.6) is 0 Å². The van der Waals surface area contributed by atoms with Crippen LogP contribution in [-0.2, 0) is 21.5 Å². The fourth-order valence-corrected chi connectivity index (χ4v) is 5.30. The molecule has 3 aromatic carbocycles. The molecule has 2 amide bonds. The van der Waals surface area contributed by atoms with Crippen LogP contribution in [0.3, 0.4) is 0 Å². The third-order valence-corrected chi connectivity index (χ3v) is 7.86. The Labute approximate surface area is 252 Å². The molecular formula is C37H35FN2O3. The number of carbonyl (C=O) groups is 3. The number of hydrogen-bond donors (Lipinski definition) is 2. The summed E-state index contributed by atoms with van der Waals surface area (Å²) in [6.07, 6.45) is 11.6. The molecule has 218 valence electrons. The third kappa shape index (κ3) is 7.96. The molecule has 2 N–H and O–H groups in total. The Morgan fingerprint density at radius 1 is 0.907 bits per heavy atom. The number of hydrogen-bond acceptors (Lipinski definition) is 3. The van der Waals surface area contributed by atoms with Gasteiger partial charge in [0.25, 0.3) is 11.8 Å². The van der Waals surface area contributed by atoms with Gasteiger partial charge in [0.1, 0.15) is 5.83 Å². The molecule has 0 heterocycles. The fourth-order valence-electron chi connectivity index (χ4n) is 5.30. The van der Waals surface area contributed by atoms with E-state index in [-0.39, 0.29) is 30.2 Å². The van der Waals surface area contributed by atoms with Crippen molar-refractivity contribution in [2.45, 2.75) is 56.9 Å². The van der Waals surface area contributed by atoms with Crippen LogP contribution in [0.15, 0.2) is 102 Å². The number of benzene rings is 3. The van der Waals surface area contributed by atoms with Gasteiger partial charge in [-0.2, -0.15) is 0 Å². The van der Waals surface area contributed by atoms with Crippen molar-refractivity contribution in [2.75, 3.05) is 6.54 Å². The van der Waals surface area contributed by atoms with Crippen molar-refractivity contribution in [3.8, 4) is 11.8 Å². The molecule has 1 fully saturated rings. The summed E-state index contributed by atoms with van der Waals surface area (Å²) in [5.74, 6) is 3.98. The predicted octanol–water partition coefficient (Wildman–Crippen LogP) is 6.79. The van der Waals surface area contributed by atoms with Gasteiger partial charge in [0.2, 0.25) is 5.78 Å². The molecule has 43 heavy (non-hydrogen) atoms. The van der Waals surface area contributed by atoms with E-state index in [0.717, 1.165) is 42.2 Å². The van der Waals surface area contributed by atoms with Gasteiger partial charge in [0, 0.05) is 17.6 Å². The van der Waals surface area contributed by atoms with Crippen molar-refractivity contribution in [3.05, 3.63) is 119 Å². The first-order chi connectivity index (χ1) is 20.9. The maximum absolute atomic E-state index is 13.6. The Bertz CT molecular complexity index is 1680. The molecule has 6 heteroatoms. The van der Waals surface area contributed by atoms with Gasteiger partial charge in [-0.15, -0.1) is 0 Å². The van der Waals surface area contributed by atoms with Crippen molar-refractivity contribution in [3.63, 3.8) is 0 Å². The molecule has 0 spiro atoms. The Kier molecular flexibility index (Phi) is 9.63. The number of unbranched alkanes of at least 4 members (excludes halogenated alkanes) is 1. The molecule has 2 aliphatic rings. The summed E-state index contributed by atoms with van der Waals surface area (Å²) in [6, 6.07) is 22.2. The first kappa shape index (κ1) is 29.7. The number of aryl methyl sites for hydroxylation is 1. The quantitative estimate of drug-likeness (QED) is 0.159. The van der Waals surface area contributed by atoms with Crippen LogP contribution in [0.25, 0.3) is 10.8 Å². The maximum atomic E-state index is 13.6. The lowest BCUT2D eigenvalue weighted by molar-refractivity contribution is -0.137. The highest BCUT2D eigenvalue weighted by molar-refractivity contribution is 6.36. The second kappa shape index (κ2) is 13.9. The van der Waals surface area contributed by atoms with E-state index >= 15 is 0 Å². The molecule has 0 atom stereocenters. The van der Waals surface area contributed by atoms with Crippen molar-refractivity contribution in [1.82, 2.24) is 10.6 Å². The minimum atomic E-state index is -0.672. The van der Waals surface area contributed by atoms with Gasteiger partial charge < -0.3 is 10.6 Å². The number of amides is 2. The average molecular weight is 575 g/mol. The minimum Gasteiger partial charge on any atom is -0.343 e. The molecule has 1 saturated carbocycles. The molecule has 0 saturated heterocycles.